The molecule has 0 atom stereocenters. The molecule has 0 spiro atoms. The standard InChI is InChI=1S/C16H23BrO/c17-15-9-11-16(12-10-15)18-13-5-8-14-6-3-1-2-4-7-14/h9-12,14H,1-8,13H2. The highest BCUT2D eigenvalue weighted by atomic mass is 79.9. The van der Waals surface area contributed by atoms with Crippen LogP contribution >= 0.6 is 15.9 Å². The topological polar surface area (TPSA) is 9.23 Å². The van der Waals surface area contributed by atoms with Gasteiger partial charge in [-0.25, -0.2) is 0 Å². The van der Waals surface area contributed by atoms with Crippen LogP contribution in [0, 0.1) is 5.92 Å². The fourth-order valence-electron chi connectivity index (χ4n) is 2.75. The first-order valence-electron chi connectivity index (χ1n) is 7.23. The molecule has 1 aliphatic carbocycles. The second-order valence-electron chi connectivity index (χ2n) is 5.30. The molecule has 18 heavy (non-hydrogen) atoms. The van der Waals surface area contributed by atoms with Crippen molar-refractivity contribution in [1.29, 1.82) is 0 Å². The summed E-state index contributed by atoms with van der Waals surface area (Å²) in [5, 5.41) is 0. The van der Waals surface area contributed by atoms with Gasteiger partial charge in [-0.2, -0.15) is 0 Å². The molecule has 0 radical (unpaired) electrons. The van der Waals surface area contributed by atoms with E-state index in [2.05, 4.69) is 15.9 Å². The van der Waals surface area contributed by atoms with Gasteiger partial charge in [0.25, 0.3) is 0 Å². The van der Waals surface area contributed by atoms with Gasteiger partial charge in [0.05, 0.1) is 6.61 Å². The van der Waals surface area contributed by atoms with E-state index in [0.29, 0.717) is 0 Å². The average Bonchev–Trinajstić information content (AvgIpc) is 2.65. The maximum atomic E-state index is 5.76. The highest BCUT2D eigenvalue weighted by Gasteiger charge is 2.11. The Morgan fingerprint density at radius 1 is 1.00 bits per heavy atom. The van der Waals surface area contributed by atoms with Crippen molar-refractivity contribution in [3.63, 3.8) is 0 Å². The van der Waals surface area contributed by atoms with Crippen LogP contribution in [0.2, 0.25) is 0 Å². The molecule has 0 aromatic heterocycles. The van der Waals surface area contributed by atoms with Gasteiger partial charge >= 0.3 is 0 Å². The Hall–Kier alpha value is -0.500. The zero-order chi connectivity index (χ0) is 12.6. The van der Waals surface area contributed by atoms with Crippen molar-refractivity contribution < 1.29 is 4.74 Å². The van der Waals surface area contributed by atoms with Gasteiger partial charge in [-0.05, 0) is 43.0 Å². The third-order valence-electron chi connectivity index (χ3n) is 3.81. The van der Waals surface area contributed by atoms with Crippen molar-refractivity contribution >= 4 is 15.9 Å². The molecule has 0 unspecified atom stereocenters. The van der Waals surface area contributed by atoms with Crippen LogP contribution in [0.3, 0.4) is 0 Å². The zero-order valence-corrected chi connectivity index (χ0v) is 12.6. The molecule has 100 valence electrons. The van der Waals surface area contributed by atoms with Gasteiger partial charge in [0, 0.05) is 4.47 Å². The van der Waals surface area contributed by atoms with Gasteiger partial charge in [0.1, 0.15) is 5.75 Å². The molecule has 0 heterocycles. The molecule has 0 aliphatic heterocycles. The Morgan fingerprint density at radius 3 is 2.33 bits per heavy atom. The lowest BCUT2D eigenvalue weighted by molar-refractivity contribution is 0.285. The van der Waals surface area contributed by atoms with Crippen LogP contribution in [-0.4, -0.2) is 6.61 Å². The average molecular weight is 311 g/mol. The van der Waals surface area contributed by atoms with Crippen molar-refractivity contribution in [2.24, 2.45) is 5.92 Å². The summed E-state index contributed by atoms with van der Waals surface area (Å²) in [6.45, 7) is 0.859. The highest BCUT2D eigenvalue weighted by molar-refractivity contribution is 9.10. The first-order chi connectivity index (χ1) is 8.84. The molecule has 1 saturated carbocycles. The van der Waals surface area contributed by atoms with E-state index in [4.69, 9.17) is 4.74 Å². The number of benzene rings is 1. The predicted molar refractivity (Wildman–Crippen MR) is 80.1 cm³/mol. The minimum atomic E-state index is 0.859. The van der Waals surface area contributed by atoms with Gasteiger partial charge in [-0.15, -0.1) is 0 Å². The Morgan fingerprint density at radius 2 is 1.67 bits per heavy atom. The van der Waals surface area contributed by atoms with E-state index in [0.717, 1.165) is 22.7 Å². The predicted octanol–water partition coefficient (Wildman–Crippen LogP) is 5.58. The van der Waals surface area contributed by atoms with Gasteiger partial charge < -0.3 is 4.74 Å². The number of ether oxygens (including phenoxy) is 1. The fraction of sp³-hybridized carbons (Fsp3) is 0.625. The lowest BCUT2D eigenvalue weighted by Gasteiger charge is -2.13. The SMILES string of the molecule is Brc1ccc(OCCCC2CCCCCC2)cc1. The normalized spacial score (nSPS) is 17.4. The second kappa shape index (κ2) is 7.83. The van der Waals surface area contributed by atoms with Crippen molar-refractivity contribution in [1.82, 2.24) is 0 Å². The lowest BCUT2D eigenvalue weighted by Crippen LogP contribution is -2.03. The maximum absolute atomic E-state index is 5.76. The molecule has 1 aromatic rings. The van der Waals surface area contributed by atoms with Gasteiger partial charge in [-0.1, -0.05) is 54.5 Å². The number of rotatable bonds is 5. The lowest BCUT2D eigenvalue weighted by atomic mass is 9.95. The summed E-state index contributed by atoms with van der Waals surface area (Å²) < 4.78 is 6.87. The van der Waals surface area contributed by atoms with Gasteiger partial charge in [0.2, 0.25) is 0 Å². The molecule has 1 aromatic carbocycles. The van der Waals surface area contributed by atoms with Crippen LogP contribution in [0.4, 0.5) is 0 Å². The van der Waals surface area contributed by atoms with Crippen LogP contribution in [0.15, 0.2) is 28.7 Å². The summed E-state index contributed by atoms with van der Waals surface area (Å²) in [7, 11) is 0. The van der Waals surface area contributed by atoms with Crippen molar-refractivity contribution in [3.8, 4) is 5.75 Å². The van der Waals surface area contributed by atoms with E-state index < -0.39 is 0 Å². The van der Waals surface area contributed by atoms with Crippen molar-refractivity contribution in [3.05, 3.63) is 28.7 Å². The van der Waals surface area contributed by atoms with Gasteiger partial charge in [0.15, 0.2) is 0 Å². The van der Waals surface area contributed by atoms with E-state index in [1.807, 2.05) is 24.3 Å². The molecule has 2 rings (SSSR count). The first-order valence-corrected chi connectivity index (χ1v) is 8.02. The summed E-state index contributed by atoms with van der Waals surface area (Å²) in [4.78, 5) is 0. The van der Waals surface area contributed by atoms with Crippen LogP contribution in [-0.2, 0) is 0 Å². The maximum Gasteiger partial charge on any atom is 0.119 e. The van der Waals surface area contributed by atoms with E-state index >= 15 is 0 Å². The van der Waals surface area contributed by atoms with E-state index in [1.165, 1.54) is 51.4 Å². The molecular weight excluding hydrogens is 288 g/mol. The van der Waals surface area contributed by atoms with Crippen LogP contribution in [0.1, 0.15) is 51.4 Å². The second-order valence-corrected chi connectivity index (χ2v) is 6.22. The summed E-state index contributed by atoms with van der Waals surface area (Å²) in [5.41, 5.74) is 0. The largest absolute Gasteiger partial charge is 0.494 e. The minimum Gasteiger partial charge on any atom is -0.494 e. The smallest absolute Gasteiger partial charge is 0.119 e. The van der Waals surface area contributed by atoms with E-state index in [1.54, 1.807) is 0 Å². The van der Waals surface area contributed by atoms with Crippen molar-refractivity contribution in [2.75, 3.05) is 6.61 Å². The van der Waals surface area contributed by atoms with Gasteiger partial charge in [-0.3, -0.25) is 0 Å². The van der Waals surface area contributed by atoms with E-state index in [-0.39, 0.29) is 0 Å². The third kappa shape index (κ3) is 5.01. The fourth-order valence-corrected chi connectivity index (χ4v) is 3.01. The molecule has 0 amide bonds. The molecule has 1 nitrogen and oxygen atoms in total. The van der Waals surface area contributed by atoms with Crippen LogP contribution in [0.25, 0.3) is 0 Å². The molecule has 1 aliphatic rings. The third-order valence-corrected chi connectivity index (χ3v) is 4.34. The van der Waals surface area contributed by atoms with Crippen LogP contribution in [0.5, 0.6) is 5.75 Å². The molecular formula is C16H23BrO. The van der Waals surface area contributed by atoms with Crippen molar-refractivity contribution in [2.45, 2.75) is 51.4 Å². The molecule has 0 saturated heterocycles. The summed E-state index contributed by atoms with van der Waals surface area (Å²) in [6, 6.07) is 8.10. The molecule has 0 bridgehead atoms. The number of halogens is 1. The summed E-state index contributed by atoms with van der Waals surface area (Å²) in [5.74, 6) is 1.94. The Kier molecular flexibility index (Phi) is 6.06. The Labute approximate surface area is 119 Å². The minimum absolute atomic E-state index is 0.859. The highest BCUT2D eigenvalue weighted by Crippen LogP contribution is 2.26. The summed E-state index contributed by atoms with van der Waals surface area (Å²) >= 11 is 3.43. The quantitative estimate of drug-likeness (QED) is 0.509. The first kappa shape index (κ1) is 13.9. The van der Waals surface area contributed by atoms with Crippen LogP contribution < -0.4 is 4.74 Å². The molecule has 0 N–H and O–H groups in total. The Balaban J connectivity index is 1.61. The van der Waals surface area contributed by atoms with E-state index in [9.17, 15) is 0 Å². The molecule has 1 fully saturated rings. The molecule has 2 heteroatoms. The number of hydrogen-bond donors (Lipinski definition) is 0. The Bertz CT molecular complexity index is 325. The zero-order valence-electron chi connectivity index (χ0n) is 11.0. The summed E-state index contributed by atoms with van der Waals surface area (Å²) in [6.07, 6.45) is 11.2. The monoisotopic (exact) mass is 310 g/mol. The number of hydrogen-bond acceptors (Lipinski definition) is 1.